The highest BCUT2D eigenvalue weighted by Crippen LogP contribution is 2.26. The molecule has 3 aromatic rings. The molecule has 0 aliphatic carbocycles. The van der Waals surface area contributed by atoms with Crippen molar-refractivity contribution in [3.05, 3.63) is 53.7 Å². The molecular formula is C18H19FN4O. The van der Waals surface area contributed by atoms with Gasteiger partial charge < -0.3 is 10.1 Å². The fraction of sp³-hybridized carbons (Fsp3) is 0.278. The Kier molecular flexibility index (Phi) is 4.55. The number of benzene rings is 1. The zero-order valence-electron chi connectivity index (χ0n) is 13.9. The first-order valence-corrected chi connectivity index (χ1v) is 7.86. The second kappa shape index (κ2) is 6.78. The number of aryl methyl sites for hydroxylation is 1. The molecule has 1 atom stereocenters. The SMILES string of the molecule is CCOc1ccc(C(C)Nc2nc(C)nc3ncccc23)cc1F. The Hall–Kier alpha value is -2.76. The van der Waals surface area contributed by atoms with Gasteiger partial charge in [0.15, 0.2) is 17.2 Å². The van der Waals surface area contributed by atoms with Gasteiger partial charge in [0.1, 0.15) is 11.6 Å². The van der Waals surface area contributed by atoms with E-state index in [-0.39, 0.29) is 17.6 Å². The largest absolute Gasteiger partial charge is 0.491 e. The number of nitrogens with zero attached hydrogens (tertiary/aromatic N) is 3. The monoisotopic (exact) mass is 326 g/mol. The highest BCUT2D eigenvalue weighted by molar-refractivity contribution is 5.86. The van der Waals surface area contributed by atoms with E-state index in [0.29, 0.717) is 23.9 Å². The van der Waals surface area contributed by atoms with Gasteiger partial charge in [-0.15, -0.1) is 0 Å². The van der Waals surface area contributed by atoms with Crippen molar-refractivity contribution < 1.29 is 9.13 Å². The molecule has 0 aliphatic heterocycles. The molecular weight excluding hydrogens is 307 g/mol. The van der Waals surface area contributed by atoms with Crippen LogP contribution in [0.25, 0.3) is 11.0 Å². The van der Waals surface area contributed by atoms with Gasteiger partial charge in [-0.25, -0.2) is 19.3 Å². The minimum atomic E-state index is -0.367. The Morgan fingerprint density at radius 3 is 2.83 bits per heavy atom. The molecule has 3 rings (SSSR count). The lowest BCUT2D eigenvalue weighted by Gasteiger charge is -2.17. The fourth-order valence-electron chi connectivity index (χ4n) is 2.53. The maximum Gasteiger partial charge on any atom is 0.165 e. The Bertz CT molecular complexity index is 869. The van der Waals surface area contributed by atoms with E-state index in [4.69, 9.17) is 4.74 Å². The van der Waals surface area contributed by atoms with E-state index < -0.39 is 0 Å². The summed E-state index contributed by atoms with van der Waals surface area (Å²) >= 11 is 0. The smallest absolute Gasteiger partial charge is 0.165 e. The number of halogens is 1. The van der Waals surface area contributed by atoms with Gasteiger partial charge in [0.25, 0.3) is 0 Å². The van der Waals surface area contributed by atoms with E-state index in [0.717, 1.165) is 10.9 Å². The lowest BCUT2D eigenvalue weighted by atomic mass is 10.1. The highest BCUT2D eigenvalue weighted by atomic mass is 19.1. The van der Waals surface area contributed by atoms with Crippen LogP contribution in [-0.2, 0) is 0 Å². The van der Waals surface area contributed by atoms with Crippen LogP contribution in [0.4, 0.5) is 10.2 Å². The van der Waals surface area contributed by atoms with Gasteiger partial charge in [0.05, 0.1) is 18.0 Å². The van der Waals surface area contributed by atoms with Crippen LogP contribution in [0, 0.1) is 12.7 Å². The third kappa shape index (κ3) is 3.27. The van der Waals surface area contributed by atoms with Crippen molar-refractivity contribution in [1.29, 1.82) is 0 Å². The maximum absolute atomic E-state index is 14.1. The van der Waals surface area contributed by atoms with Gasteiger partial charge in [0, 0.05) is 6.20 Å². The molecule has 1 unspecified atom stereocenters. The van der Waals surface area contributed by atoms with E-state index >= 15 is 0 Å². The number of fused-ring (bicyclic) bond motifs is 1. The van der Waals surface area contributed by atoms with E-state index in [1.807, 2.05) is 39.0 Å². The minimum absolute atomic E-state index is 0.132. The van der Waals surface area contributed by atoms with Crippen LogP contribution in [0.3, 0.4) is 0 Å². The Morgan fingerprint density at radius 2 is 2.08 bits per heavy atom. The second-order valence-corrected chi connectivity index (χ2v) is 5.48. The molecule has 124 valence electrons. The zero-order chi connectivity index (χ0) is 17.1. The predicted octanol–water partition coefficient (Wildman–Crippen LogP) is 4.04. The average molecular weight is 326 g/mol. The summed E-state index contributed by atoms with van der Waals surface area (Å²) < 4.78 is 19.3. The molecule has 0 radical (unpaired) electrons. The van der Waals surface area contributed by atoms with Crippen molar-refractivity contribution >= 4 is 16.9 Å². The number of hydrogen-bond acceptors (Lipinski definition) is 5. The molecule has 1 aromatic carbocycles. The topological polar surface area (TPSA) is 59.9 Å². The maximum atomic E-state index is 14.1. The molecule has 0 saturated carbocycles. The molecule has 2 aromatic heterocycles. The van der Waals surface area contributed by atoms with Crippen LogP contribution in [0.2, 0.25) is 0 Å². The normalized spacial score (nSPS) is 12.2. The van der Waals surface area contributed by atoms with Crippen molar-refractivity contribution in [2.75, 3.05) is 11.9 Å². The molecule has 0 spiro atoms. The number of hydrogen-bond donors (Lipinski definition) is 1. The van der Waals surface area contributed by atoms with Gasteiger partial charge in [-0.2, -0.15) is 0 Å². The first-order chi connectivity index (χ1) is 11.6. The summed E-state index contributed by atoms with van der Waals surface area (Å²) in [4.78, 5) is 13.0. The van der Waals surface area contributed by atoms with Gasteiger partial charge in [0.2, 0.25) is 0 Å². The molecule has 0 aliphatic rings. The van der Waals surface area contributed by atoms with Crippen molar-refractivity contribution in [3.63, 3.8) is 0 Å². The molecule has 6 heteroatoms. The number of aromatic nitrogens is 3. The standard InChI is InChI=1S/C18H19FN4O/c1-4-24-16-8-7-13(10-15(16)19)11(2)21-18-14-6-5-9-20-17(14)22-12(3)23-18/h5-11H,4H2,1-3H3,(H,20,21,22,23). The zero-order valence-corrected chi connectivity index (χ0v) is 13.9. The Morgan fingerprint density at radius 1 is 1.25 bits per heavy atom. The van der Waals surface area contributed by atoms with Gasteiger partial charge in [-0.1, -0.05) is 6.07 Å². The number of nitrogens with one attached hydrogen (secondary N) is 1. The lowest BCUT2D eigenvalue weighted by Crippen LogP contribution is -2.10. The Labute approximate surface area is 139 Å². The third-order valence-corrected chi connectivity index (χ3v) is 3.69. The summed E-state index contributed by atoms with van der Waals surface area (Å²) in [6, 6.07) is 8.60. The summed E-state index contributed by atoms with van der Waals surface area (Å²) in [5.41, 5.74) is 1.45. The summed E-state index contributed by atoms with van der Waals surface area (Å²) in [6.07, 6.45) is 1.70. The lowest BCUT2D eigenvalue weighted by molar-refractivity contribution is 0.321. The molecule has 1 N–H and O–H groups in total. The summed E-state index contributed by atoms with van der Waals surface area (Å²) in [7, 11) is 0. The van der Waals surface area contributed by atoms with Crippen LogP contribution < -0.4 is 10.1 Å². The highest BCUT2D eigenvalue weighted by Gasteiger charge is 2.13. The first-order valence-electron chi connectivity index (χ1n) is 7.86. The van der Waals surface area contributed by atoms with Crippen LogP contribution in [0.1, 0.15) is 31.3 Å². The predicted molar refractivity (Wildman–Crippen MR) is 91.7 cm³/mol. The van der Waals surface area contributed by atoms with Crippen LogP contribution in [0.5, 0.6) is 5.75 Å². The van der Waals surface area contributed by atoms with Crippen LogP contribution in [0.15, 0.2) is 36.5 Å². The molecule has 0 saturated heterocycles. The molecule has 2 heterocycles. The van der Waals surface area contributed by atoms with E-state index in [2.05, 4.69) is 20.3 Å². The molecule has 24 heavy (non-hydrogen) atoms. The number of pyridine rings is 1. The second-order valence-electron chi connectivity index (χ2n) is 5.48. The fourth-order valence-corrected chi connectivity index (χ4v) is 2.53. The molecule has 0 amide bonds. The number of ether oxygens (including phenoxy) is 1. The van der Waals surface area contributed by atoms with Crippen LogP contribution in [-0.4, -0.2) is 21.6 Å². The van der Waals surface area contributed by atoms with Crippen molar-refractivity contribution in [2.24, 2.45) is 0 Å². The quantitative estimate of drug-likeness (QED) is 0.766. The van der Waals surface area contributed by atoms with E-state index in [1.165, 1.54) is 6.07 Å². The van der Waals surface area contributed by atoms with Gasteiger partial charge in [-0.05, 0) is 50.6 Å². The summed E-state index contributed by atoms with van der Waals surface area (Å²) in [5, 5.41) is 4.16. The van der Waals surface area contributed by atoms with Crippen molar-refractivity contribution in [3.8, 4) is 5.75 Å². The summed E-state index contributed by atoms with van der Waals surface area (Å²) in [6.45, 7) is 6.03. The van der Waals surface area contributed by atoms with Crippen molar-refractivity contribution in [1.82, 2.24) is 15.0 Å². The molecule has 0 bridgehead atoms. The van der Waals surface area contributed by atoms with Gasteiger partial charge >= 0.3 is 0 Å². The summed E-state index contributed by atoms with van der Waals surface area (Å²) in [5.74, 6) is 1.22. The van der Waals surface area contributed by atoms with Gasteiger partial charge in [-0.3, -0.25) is 0 Å². The Balaban J connectivity index is 1.90. The third-order valence-electron chi connectivity index (χ3n) is 3.69. The van der Waals surface area contributed by atoms with Crippen LogP contribution >= 0.6 is 0 Å². The molecule has 5 nitrogen and oxygen atoms in total. The van der Waals surface area contributed by atoms with Crippen molar-refractivity contribution in [2.45, 2.75) is 26.8 Å². The first kappa shape index (κ1) is 16.1. The number of anilines is 1. The van der Waals surface area contributed by atoms with E-state index in [9.17, 15) is 4.39 Å². The molecule has 0 fully saturated rings. The van der Waals surface area contributed by atoms with E-state index in [1.54, 1.807) is 12.3 Å². The number of rotatable bonds is 5. The minimum Gasteiger partial charge on any atom is -0.491 e. The average Bonchev–Trinajstić information content (AvgIpc) is 2.56.